The van der Waals surface area contributed by atoms with Crippen LogP contribution in [-0.4, -0.2) is 31.1 Å². The molecule has 2 atom stereocenters. The van der Waals surface area contributed by atoms with Gasteiger partial charge in [-0.15, -0.1) is 0 Å². The number of piperidine rings is 1. The molecule has 104 valence electrons. The molecule has 1 aliphatic carbocycles. The molecule has 0 bridgehead atoms. The summed E-state index contributed by atoms with van der Waals surface area (Å²) in [5, 5.41) is 3.94. The first-order valence-electron chi connectivity index (χ1n) is 7.85. The van der Waals surface area contributed by atoms with E-state index >= 15 is 0 Å². The van der Waals surface area contributed by atoms with Gasteiger partial charge in [-0.1, -0.05) is 30.7 Å². The zero-order valence-corrected chi connectivity index (χ0v) is 12.1. The van der Waals surface area contributed by atoms with E-state index in [1.165, 1.54) is 51.6 Å². The van der Waals surface area contributed by atoms with E-state index in [9.17, 15) is 0 Å². The van der Waals surface area contributed by atoms with Crippen LogP contribution in [0.2, 0.25) is 0 Å². The Labute approximate surface area is 117 Å². The molecule has 1 aliphatic heterocycles. The number of fused-ring (bicyclic) bond motifs is 1. The van der Waals surface area contributed by atoms with E-state index < -0.39 is 0 Å². The van der Waals surface area contributed by atoms with E-state index in [0.717, 1.165) is 0 Å². The van der Waals surface area contributed by atoms with Gasteiger partial charge in [0, 0.05) is 18.6 Å². The molecule has 2 unspecified atom stereocenters. The number of hydrogen-bond donors (Lipinski definition) is 1. The lowest BCUT2D eigenvalue weighted by Gasteiger charge is -2.33. The Bertz CT molecular complexity index is 415. The van der Waals surface area contributed by atoms with E-state index in [1.54, 1.807) is 11.1 Å². The van der Waals surface area contributed by atoms with E-state index in [2.05, 4.69) is 41.5 Å². The van der Waals surface area contributed by atoms with E-state index in [-0.39, 0.29) is 0 Å². The Balaban J connectivity index is 1.73. The van der Waals surface area contributed by atoms with Crippen LogP contribution in [0.3, 0.4) is 0 Å². The third-order valence-corrected chi connectivity index (χ3v) is 4.68. The molecule has 1 fully saturated rings. The molecule has 0 spiro atoms. The summed E-state index contributed by atoms with van der Waals surface area (Å²) in [5.41, 5.74) is 3.13. The molecule has 1 N–H and O–H groups in total. The van der Waals surface area contributed by atoms with Crippen LogP contribution in [0.4, 0.5) is 0 Å². The summed E-state index contributed by atoms with van der Waals surface area (Å²) in [5.74, 6) is 0. The Morgan fingerprint density at radius 2 is 2.00 bits per heavy atom. The highest BCUT2D eigenvalue weighted by molar-refractivity contribution is 5.31. The fraction of sp³-hybridized carbons (Fsp3) is 0.647. The summed E-state index contributed by atoms with van der Waals surface area (Å²) in [6.07, 6.45) is 7.94. The van der Waals surface area contributed by atoms with E-state index in [1.807, 2.05) is 0 Å². The maximum Gasteiger partial charge on any atom is 0.0325 e. The number of benzene rings is 1. The standard InChI is InChI=1S/C17H26N2/c1-19-12-6-9-15(13-19)18-17-11-5-3-8-14-7-2-4-10-16(14)17/h2,4,7,10,15,17-18H,3,5-6,8-9,11-13H2,1H3. The summed E-state index contributed by atoms with van der Waals surface area (Å²) in [6.45, 7) is 2.47. The van der Waals surface area contributed by atoms with Crippen molar-refractivity contribution in [1.82, 2.24) is 10.2 Å². The van der Waals surface area contributed by atoms with E-state index in [0.29, 0.717) is 12.1 Å². The zero-order chi connectivity index (χ0) is 13.1. The predicted octanol–water partition coefficient (Wildman–Crippen LogP) is 3.14. The summed E-state index contributed by atoms with van der Waals surface area (Å²) in [7, 11) is 2.24. The fourth-order valence-electron chi connectivity index (χ4n) is 3.68. The maximum atomic E-state index is 3.94. The van der Waals surface area contributed by atoms with Gasteiger partial charge in [-0.05, 0) is 56.8 Å². The van der Waals surface area contributed by atoms with Crippen LogP contribution in [0.1, 0.15) is 49.3 Å². The van der Waals surface area contributed by atoms with Gasteiger partial charge < -0.3 is 10.2 Å². The first-order chi connectivity index (χ1) is 9.33. The second-order valence-electron chi connectivity index (χ2n) is 6.27. The van der Waals surface area contributed by atoms with Gasteiger partial charge in [0.1, 0.15) is 0 Å². The number of rotatable bonds is 2. The molecule has 1 saturated heterocycles. The van der Waals surface area contributed by atoms with Gasteiger partial charge in [0.25, 0.3) is 0 Å². The van der Waals surface area contributed by atoms with Gasteiger partial charge in [-0.25, -0.2) is 0 Å². The Kier molecular flexibility index (Phi) is 4.19. The van der Waals surface area contributed by atoms with Crippen LogP contribution < -0.4 is 5.32 Å². The third-order valence-electron chi connectivity index (χ3n) is 4.68. The highest BCUT2D eigenvalue weighted by Crippen LogP contribution is 2.29. The lowest BCUT2D eigenvalue weighted by molar-refractivity contribution is 0.214. The van der Waals surface area contributed by atoms with Crippen molar-refractivity contribution < 1.29 is 0 Å². The van der Waals surface area contributed by atoms with Gasteiger partial charge in [-0.2, -0.15) is 0 Å². The highest BCUT2D eigenvalue weighted by Gasteiger charge is 2.23. The monoisotopic (exact) mass is 258 g/mol. The molecular weight excluding hydrogens is 232 g/mol. The van der Waals surface area contributed by atoms with Gasteiger partial charge in [0.15, 0.2) is 0 Å². The van der Waals surface area contributed by atoms with Crippen LogP contribution in [-0.2, 0) is 6.42 Å². The Morgan fingerprint density at radius 1 is 1.11 bits per heavy atom. The summed E-state index contributed by atoms with van der Waals surface area (Å²) in [6, 6.07) is 10.3. The smallest absolute Gasteiger partial charge is 0.0325 e. The minimum atomic E-state index is 0.579. The summed E-state index contributed by atoms with van der Waals surface area (Å²) in [4.78, 5) is 2.46. The quantitative estimate of drug-likeness (QED) is 0.820. The second-order valence-corrected chi connectivity index (χ2v) is 6.27. The lowest BCUT2D eigenvalue weighted by Crippen LogP contribution is -2.45. The molecule has 0 aromatic heterocycles. The topological polar surface area (TPSA) is 15.3 Å². The Hall–Kier alpha value is -0.860. The first kappa shape index (κ1) is 13.1. The molecule has 2 heteroatoms. The molecule has 0 amide bonds. The molecule has 2 aliphatic rings. The van der Waals surface area contributed by atoms with Crippen LogP contribution in [0, 0.1) is 0 Å². The molecule has 1 aromatic rings. The molecule has 1 heterocycles. The van der Waals surface area contributed by atoms with Crippen molar-refractivity contribution in [3.8, 4) is 0 Å². The highest BCUT2D eigenvalue weighted by atomic mass is 15.1. The van der Waals surface area contributed by atoms with E-state index in [4.69, 9.17) is 0 Å². The second kappa shape index (κ2) is 6.06. The molecule has 1 aromatic carbocycles. The van der Waals surface area contributed by atoms with Gasteiger partial charge in [-0.3, -0.25) is 0 Å². The van der Waals surface area contributed by atoms with Crippen LogP contribution in [0.15, 0.2) is 24.3 Å². The lowest BCUT2D eigenvalue weighted by atomic mass is 9.97. The van der Waals surface area contributed by atoms with Crippen molar-refractivity contribution in [2.45, 2.75) is 50.6 Å². The summed E-state index contributed by atoms with van der Waals surface area (Å²) < 4.78 is 0. The maximum absolute atomic E-state index is 3.94. The van der Waals surface area contributed by atoms with Crippen molar-refractivity contribution in [3.05, 3.63) is 35.4 Å². The SMILES string of the molecule is CN1CCCC(NC2CCCCc3ccccc32)C1. The first-order valence-corrected chi connectivity index (χ1v) is 7.85. The number of hydrogen-bond acceptors (Lipinski definition) is 2. The number of nitrogens with one attached hydrogen (secondary N) is 1. The molecule has 3 rings (SSSR count). The molecule has 19 heavy (non-hydrogen) atoms. The Morgan fingerprint density at radius 3 is 2.89 bits per heavy atom. The van der Waals surface area contributed by atoms with Crippen molar-refractivity contribution in [2.24, 2.45) is 0 Å². The minimum absolute atomic E-state index is 0.579. The average molecular weight is 258 g/mol. The van der Waals surface area contributed by atoms with Gasteiger partial charge >= 0.3 is 0 Å². The fourth-order valence-corrected chi connectivity index (χ4v) is 3.68. The zero-order valence-electron chi connectivity index (χ0n) is 12.1. The molecule has 0 saturated carbocycles. The molecular formula is C17H26N2. The number of aryl methyl sites for hydroxylation is 1. The minimum Gasteiger partial charge on any atom is -0.306 e. The molecule has 0 radical (unpaired) electrons. The predicted molar refractivity (Wildman–Crippen MR) is 80.4 cm³/mol. The van der Waals surface area contributed by atoms with Crippen molar-refractivity contribution in [2.75, 3.05) is 20.1 Å². The number of likely N-dealkylation sites (N-methyl/N-ethyl adjacent to an activating group) is 1. The van der Waals surface area contributed by atoms with Gasteiger partial charge in [0.05, 0.1) is 0 Å². The van der Waals surface area contributed by atoms with Crippen LogP contribution in [0.25, 0.3) is 0 Å². The summed E-state index contributed by atoms with van der Waals surface area (Å²) >= 11 is 0. The number of likely N-dealkylation sites (tertiary alicyclic amines) is 1. The average Bonchev–Trinajstić information content (AvgIpc) is 2.62. The number of nitrogens with zero attached hydrogens (tertiary/aromatic N) is 1. The van der Waals surface area contributed by atoms with Crippen LogP contribution >= 0.6 is 0 Å². The van der Waals surface area contributed by atoms with Gasteiger partial charge in [0.2, 0.25) is 0 Å². The normalized spacial score (nSPS) is 28.7. The van der Waals surface area contributed by atoms with Crippen molar-refractivity contribution in [3.63, 3.8) is 0 Å². The van der Waals surface area contributed by atoms with Crippen LogP contribution in [0.5, 0.6) is 0 Å². The largest absolute Gasteiger partial charge is 0.306 e. The third kappa shape index (κ3) is 3.18. The van der Waals surface area contributed by atoms with Crippen molar-refractivity contribution >= 4 is 0 Å². The molecule has 2 nitrogen and oxygen atoms in total. The van der Waals surface area contributed by atoms with Crippen molar-refractivity contribution in [1.29, 1.82) is 0 Å².